The second-order valence-electron chi connectivity index (χ2n) is 6.21. The largest absolute Gasteiger partial charge is 0.493 e. The summed E-state index contributed by atoms with van der Waals surface area (Å²) in [6.07, 6.45) is 4.52. The van der Waals surface area contributed by atoms with Crippen LogP contribution in [0.4, 0.5) is 5.69 Å². The monoisotopic (exact) mass is 411 g/mol. The number of hydrogen-bond donors (Lipinski definition) is 2. The van der Waals surface area contributed by atoms with Crippen molar-refractivity contribution in [2.45, 2.75) is 20.3 Å². The molecule has 0 saturated heterocycles. The van der Waals surface area contributed by atoms with Gasteiger partial charge in [-0.05, 0) is 37.8 Å². The topological polar surface area (TPSA) is 121 Å². The Labute approximate surface area is 171 Å². The number of fused-ring (bicyclic) bond motifs is 1. The lowest BCUT2D eigenvalue weighted by atomic mass is 10.1. The van der Waals surface area contributed by atoms with Crippen LogP contribution in [0.5, 0.6) is 5.75 Å². The molecule has 0 saturated carbocycles. The Morgan fingerprint density at radius 3 is 2.97 bits per heavy atom. The summed E-state index contributed by atoms with van der Waals surface area (Å²) in [4.78, 5) is 24.5. The lowest BCUT2D eigenvalue weighted by Gasteiger charge is -2.12. The quantitative estimate of drug-likeness (QED) is 0.286. The maximum absolute atomic E-state index is 12.7. The second-order valence-corrected chi connectivity index (χ2v) is 7.00. The molecular formula is C19H21N7O2S. The summed E-state index contributed by atoms with van der Waals surface area (Å²) in [7, 11) is 1.75. The summed E-state index contributed by atoms with van der Waals surface area (Å²) < 4.78 is 7.44. The first kappa shape index (κ1) is 20.4. The van der Waals surface area contributed by atoms with Gasteiger partial charge in [-0.2, -0.15) is 10.4 Å². The van der Waals surface area contributed by atoms with Crippen molar-refractivity contribution in [1.29, 1.82) is 5.26 Å². The zero-order valence-electron chi connectivity index (χ0n) is 16.6. The van der Waals surface area contributed by atoms with Gasteiger partial charge in [-0.3, -0.25) is 10.1 Å². The lowest BCUT2D eigenvalue weighted by molar-refractivity contribution is 0.318. The summed E-state index contributed by atoms with van der Waals surface area (Å²) >= 11 is 1.32. The predicted molar refractivity (Wildman–Crippen MR) is 114 cm³/mol. The molecule has 2 N–H and O–H groups in total. The van der Waals surface area contributed by atoms with E-state index in [0.717, 1.165) is 6.42 Å². The van der Waals surface area contributed by atoms with Crippen molar-refractivity contribution in [3.63, 3.8) is 0 Å². The molecule has 0 aliphatic heterocycles. The van der Waals surface area contributed by atoms with Gasteiger partial charge in [0.1, 0.15) is 17.0 Å². The minimum Gasteiger partial charge on any atom is -0.493 e. The Bertz CT molecular complexity index is 1170. The van der Waals surface area contributed by atoms with E-state index < -0.39 is 0 Å². The van der Waals surface area contributed by atoms with E-state index in [1.54, 1.807) is 36.9 Å². The van der Waals surface area contributed by atoms with E-state index in [0.29, 0.717) is 51.3 Å². The Morgan fingerprint density at radius 2 is 2.28 bits per heavy atom. The summed E-state index contributed by atoms with van der Waals surface area (Å²) in [5.41, 5.74) is 2.06. The molecule has 1 aromatic carbocycles. The van der Waals surface area contributed by atoms with Crippen molar-refractivity contribution < 1.29 is 4.74 Å². The van der Waals surface area contributed by atoms with Crippen molar-refractivity contribution in [2.24, 2.45) is 12.0 Å². The summed E-state index contributed by atoms with van der Waals surface area (Å²) in [5, 5.41) is 16.6. The van der Waals surface area contributed by atoms with E-state index in [9.17, 15) is 4.79 Å². The lowest BCUT2D eigenvalue weighted by Crippen LogP contribution is -2.12. The molecule has 2 heterocycles. The zero-order chi connectivity index (χ0) is 21.0. The number of ether oxygens (including phenoxy) is 1. The van der Waals surface area contributed by atoms with E-state index in [4.69, 9.17) is 10.00 Å². The molecule has 0 amide bonds. The van der Waals surface area contributed by atoms with Crippen LogP contribution in [-0.2, 0) is 7.05 Å². The van der Waals surface area contributed by atoms with E-state index in [1.165, 1.54) is 11.8 Å². The third-order valence-electron chi connectivity index (χ3n) is 4.14. The van der Waals surface area contributed by atoms with Gasteiger partial charge in [0.15, 0.2) is 17.0 Å². The molecule has 29 heavy (non-hydrogen) atoms. The number of nitriles is 1. The van der Waals surface area contributed by atoms with Gasteiger partial charge in [-0.15, -0.1) is 0 Å². The van der Waals surface area contributed by atoms with Crippen molar-refractivity contribution in [1.82, 2.24) is 25.1 Å². The Hall–Kier alpha value is -3.32. The van der Waals surface area contributed by atoms with Crippen LogP contribution in [0.15, 0.2) is 28.0 Å². The Kier molecular flexibility index (Phi) is 6.19. The van der Waals surface area contributed by atoms with Crippen LogP contribution >= 0.6 is 11.8 Å². The minimum atomic E-state index is -0.262. The molecule has 0 aliphatic carbocycles. The van der Waals surface area contributed by atoms with Crippen LogP contribution < -0.4 is 15.6 Å². The number of benzene rings is 1. The van der Waals surface area contributed by atoms with E-state index in [1.807, 2.05) is 19.4 Å². The molecule has 0 atom stereocenters. The van der Waals surface area contributed by atoms with Gasteiger partial charge in [0.25, 0.3) is 5.56 Å². The fourth-order valence-electron chi connectivity index (χ4n) is 2.87. The maximum Gasteiger partial charge on any atom is 0.262 e. The van der Waals surface area contributed by atoms with Crippen LogP contribution in [0.1, 0.15) is 19.0 Å². The highest BCUT2D eigenvalue weighted by Crippen LogP contribution is 2.32. The van der Waals surface area contributed by atoms with E-state index >= 15 is 0 Å². The van der Waals surface area contributed by atoms with Gasteiger partial charge >= 0.3 is 0 Å². The highest BCUT2D eigenvalue weighted by molar-refractivity contribution is 8.13. The first-order chi connectivity index (χ1) is 14.0. The van der Waals surface area contributed by atoms with Crippen molar-refractivity contribution in [3.8, 4) is 23.3 Å². The van der Waals surface area contributed by atoms with Crippen molar-refractivity contribution in [3.05, 3.63) is 34.2 Å². The van der Waals surface area contributed by atoms with Crippen molar-refractivity contribution in [2.75, 3.05) is 12.9 Å². The number of aryl methyl sites for hydroxylation is 2. The predicted octanol–water partition coefficient (Wildman–Crippen LogP) is 2.84. The number of amidine groups is 1. The third-order valence-corrected chi connectivity index (χ3v) is 4.72. The average molecular weight is 411 g/mol. The standard InChI is InChI=1S/C19H21N7O2S/c1-5-8-28-14-7-6-12(22-19(29-4)21-10-20)9-13(14)16-23-17-15(18(27)24-16)11(2)25-26(17)3/h6-7,9H,5,8H2,1-4H3,(H,21,22)(H,23,24,27). The number of aromatic nitrogens is 4. The number of H-pyrrole nitrogens is 1. The van der Waals surface area contributed by atoms with Gasteiger partial charge < -0.3 is 9.72 Å². The summed E-state index contributed by atoms with van der Waals surface area (Å²) in [6, 6.07) is 5.34. The number of rotatable bonds is 5. The highest BCUT2D eigenvalue weighted by Gasteiger charge is 2.16. The van der Waals surface area contributed by atoms with Crippen LogP contribution in [-0.4, -0.2) is 37.8 Å². The van der Waals surface area contributed by atoms with Gasteiger partial charge in [-0.25, -0.2) is 14.7 Å². The number of thioether (sulfide) groups is 1. The number of nitrogens with zero attached hydrogens (tertiary/aromatic N) is 5. The molecular weight excluding hydrogens is 390 g/mol. The first-order valence-electron chi connectivity index (χ1n) is 8.97. The van der Waals surface area contributed by atoms with Gasteiger partial charge in [0, 0.05) is 7.05 Å². The van der Waals surface area contributed by atoms with Gasteiger partial charge in [0.2, 0.25) is 0 Å². The Balaban J connectivity index is 2.19. The maximum atomic E-state index is 12.7. The van der Waals surface area contributed by atoms with E-state index in [2.05, 4.69) is 25.4 Å². The second kappa shape index (κ2) is 8.79. The molecule has 0 bridgehead atoms. The van der Waals surface area contributed by atoms with Crippen molar-refractivity contribution >= 4 is 33.7 Å². The van der Waals surface area contributed by atoms with Crippen LogP contribution in [0.25, 0.3) is 22.4 Å². The van der Waals surface area contributed by atoms with Crippen LogP contribution in [0, 0.1) is 18.4 Å². The minimum absolute atomic E-state index is 0.262. The summed E-state index contributed by atoms with van der Waals surface area (Å²) in [6.45, 7) is 4.32. The molecule has 0 fully saturated rings. The van der Waals surface area contributed by atoms with Gasteiger partial charge in [-0.1, -0.05) is 18.7 Å². The third kappa shape index (κ3) is 4.25. The first-order valence-corrected chi connectivity index (χ1v) is 10.2. The zero-order valence-corrected chi connectivity index (χ0v) is 17.4. The Morgan fingerprint density at radius 1 is 1.48 bits per heavy atom. The van der Waals surface area contributed by atoms with Crippen LogP contribution in [0.2, 0.25) is 0 Å². The van der Waals surface area contributed by atoms with Crippen LogP contribution in [0.3, 0.4) is 0 Å². The molecule has 3 rings (SSSR count). The fourth-order valence-corrected chi connectivity index (χ4v) is 3.22. The highest BCUT2D eigenvalue weighted by atomic mass is 32.2. The molecule has 150 valence electrons. The molecule has 0 aliphatic rings. The average Bonchev–Trinajstić information content (AvgIpc) is 3.00. The van der Waals surface area contributed by atoms with E-state index in [-0.39, 0.29) is 5.56 Å². The SMILES string of the molecule is CCCOc1ccc(N=C(NC#N)SC)cc1-c1nc2c(c(C)nn2C)c(=O)[nH]1. The molecule has 3 aromatic rings. The molecule has 9 nitrogen and oxygen atoms in total. The number of aliphatic imine (C=N–C) groups is 1. The molecule has 2 aromatic heterocycles. The number of nitrogens with one attached hydrogen (secondary N) is 2. The molecule has 10 heteroatoms. The number of aromatic amines is 1. The summed E-state index contributed by atoms with van der Waals surface area (Å²) in [5.74, 6) is 0.957. The number of hydrogen-bond acceptors (Lipinski definition) is 7. The normalized spacial score (nSPS) is 11.5. The molecule has 0 spiro atoms. The molecule has 0 radical (unpaired) electrons. The fraction of sp³-hybridized carbons (Fsp3) is 0.316. The smallest absolute Gasteiger partial charge is 0.262 e. The van der Waals surface area contributed by atoms with Gasteiger partial charge in [0.05, 0.1) is 23.6 Å². The molecule has 0 unspecified atom stereocenters.